The van der Waals surface area contributed by atoms with Gasteiger partial charge in [-0.25, -0.2) is 4.98 Å². The molecule has 0 radical (unpaired) electrons. The Kier molecular flexibility index (Phi) is 6.09. The number of aryl methyl sites for hydroxylation is 3. The first-order valence-corrected chi connectivity index (χ1v) is 10.2. The maximum Gasteiger partial charge on any atom is 0.276 e. The molecule has 0 bridgehead atoms. The summed E-state index contributed by atoms with van der Waals surface area (Å²) in [5.74, 6) is 0.256. The zero-order valence-corrected chi connectivity index (χ0v) is 18.4. The predicted octanol–water partition coefficient (Wildman–Crippen LogP) is 2.15. The Hall–Kier alpha value is -2.97. The molecule has 0 aliphatic carbocycles. The number of nitrogens with zero attached hydrogens (tertiary/aromatic N) is 5. The lowest BCUT2D eigenvalue weighted by Crippen LogP contribution is -2.60. The number of piperazine rings is 1. The summed E-state index contributed by atoms with van der Waals surface area (Å²) < 4.78 is 6.88. The maximum absolute atomic E-state index is 12.9. The van der Waals surface area contributed by atoms with Crippen LogP contribution in [0.5, 0.6) is 0 Å². The minimum absolute atomic E-state index is 0.00987. The van der Waals surface area contributed by atoms with E-state index in [-0.39, 0.29) is 41.8 Å². The second kappa shape index (κ2) is 8.41. The van der Waals surface area contributed by atoms with Gasteiger partial charge >= 0.3 is 0 Å². The van der Waals surface area contributed by atoms with Gasteiger partial charge in [0.1, 0.15) is 6.26 Å². The van der Waals surface area contributed by atoms with Crippen molar-refractivity contribution in [1.82, 2.24) is 24.6 Å². The number of rotatable bonds is 5. The highest BCUT2D eigenvalue weighted by molar-refractivity contribution is 5.96. The molecular formula is C21H29N5O4. The molecule has 0 spiro atoms. The van der Waals surface area contributed by atoms with Crippen molar-refractivity contribution in [1.29, 1.82) is 0 Å². The first-order chi connectivity index (χ1) is 14.1. The fourth-order valence-electron chi connectivity index (χ4n) is 4.16. The number of ketones is 1. The average molecular weight is 415 g/mol. The number of aromatic nitrogens is 3. The van der Waals surface area contributed by atoms with E-state index in [0.717, 1.165) is 5.69 Å². The molecule has 2 amide bonds. The highest BCUT2D eigenvalue weighted by Crippen LogP contribution is 2.21. The largest absolute Gasteiger partial charge is 0.448 e. The molecule has 30 heavy (non-hydrogen) atoms. The van der Waals surface area contributed by atoms with Crippen LogP contribution >= 0.6 is 0 Å². The van der Waals surface area contributed by atoms with Crippen molar-refractivity contribution in [3.05, 3.63) is 34.8 Å². The number of amides is 2. The quantitative estimate of drug-likeness (QED) is 0.694. The zero-order valence-electron chi connectivity index (χ0n) is 18.4. The predicted molar refractivity (Wildman–Crippen MR) is 109 cm³/mol. The van der Waals surface area contributed by atoms with Crippen molar-refractivity contribution in [3.8, 4) is 0 Å². The molecule has 2 aromatic heterocycles. The lowest BCUT2D eigenvalue weighted by Gasteiger charge is -2.44. The normalized spacial score (nSPS) is 19.3. The van der Waals surface area contributed by atoms with Crippen LogP contribution in [0, 0.1) is 20.8 Å². The fraction of sp³-hybridized carbons (Fsp3) is 0.571. The molecule has 162 valence electrons. The van der Waals surface area contributed by atoms with E-state index < -0.39 is 0 Å². The molecule has 9 nitrogen and oxygen atoms in total. The number of carbonyl (C=O) groups excluding carboxylic acids is 3. The Morgan fingerprint density at radius 2 is 1.73 bits per heavy atom. The van der Waals surface area contributed by atoms with Gasteiger partial charge < -0.3 is 14.2 Å². The molecule has 1 aliphatic heterocycles. The van der Waals surface area contributed by atoms with E-state index in [1.165, 1.54) is 13.2 Å². The van der Waals surface area contributed by atoms with E-state index in [9.17, 15) is 14.4 Å². The molecule has 0 N–H and O–H groups in total. The number of carbonyl (C=O) groups is 3. The van der Waals surface area contributed by atoms with Crippen molar-refractivity contribution >= 4 is 17.6 Å². The van der Waals surface area contributed by atoms with E-state index in [1.807, 2.05) is 25.7 Å². The Balaban J connectivity index is 1.64. The zero-order chi connectivity index (χ0) is 22.2. The van der Waals surface area contributed by atoms with E-state index in [1.54, 1.807) is 23.4 Å². The molecule has 3 heterocycles. The van der Waals surface area contributed by atoms with E-state index in [0.29, 0.717) is 36.8 Å². The van der Waals surface area contributed by atoms with Crippen LogP contribution in [-0.4, -0.2) is 67.3 Å². The number of oxazole rings is 1. The SMILES string of the molecule is CC(=O)c1c(C)nn(CCC(=O)N2CCN(C(=O)c3coc(C)n3)[C@H](C)[C@H]2C)c1C. The van der Waals surface area contributed by atoms with Gasteiger partial charge in [-0.2, -0.15) is 5.10 Å². The lowest BCUT2D eigenvalue weighted by molar-refractivity contribution is -0.137. The topological polar surface area (TPSA) is 102 Å². The van der Waals surface area contributed by atoms with Gasteiger partial charge in [0, 0.05) is 50.8 Å². The minimum Gasteiger partial charge on any atom is -0.448 e. The molecule has 2 atom stereocenters. The van der Waals surface area contributed by atoms with Crippen LogP contribution < -0.4 is 0 Å². The van der Waals surface area contributed by atoms with Crippen LogP contribution in [0.25, 0.3) is 0 Å². The van der Waals surface area contributed by atoms with E-state index in [4.69, 9.17) is 4.42 Å². The monoisotopic (exact) mass is 415 g/mol. The van der Waals surface area contributed by atoms with Gasteiger partial charge in [-0.05, 0) is 34.6 Å². The third-order valence-corrected chi connectivity index (χ3v) is 5.95. The molecule has 2 aromatic rings. The highest BCUT2D eigenvalue weighted by Gasteiger charge is 2.36. The Bertz CT molecular complexity index is 976. The summed E-state index contributed by atoms with van der Waals surface area (Å²) in [5, 5.41) is 4.41. The molecule has 1 fully saturated rings. The first kappa shape index (κ1) is 21.7. The number of hydrogen-bond acceptors (Lipinski definition) is 6. The summed E-state index contributed by atoms with van der Waals surface area (Å²) in [6, 6.07) is -0.276. The Morgan fingerprint density at radius 1 is 1.10 bits per heavy atom. The van der Waals surface area contributed by atoms with Gasteiger partial charge in [-0.3, -0.25) is 19.1 Å². The van der Waals surface area contributed by atoms with Crippen LogP contribution in [0.15, 0.2) is 10.7 Å². The summed E-state index contributed by atoms with van der Waals surface area (Å²) in [5.41, 5.74) is 2.38. The molecule has 0 saturated carbocycles. The summed E-state index contributed by atoms with van der Waals surface area (Å²) in [6.45, 7) is 12.1. The number of hydrogen-bond donors (Lipinski definition) is 0. The van der Waals surface area contributed by atoms with Gasteiger partial charge in [-0.15, -0.1) is 0 Å². The van der Waals surface area contributed by atoms with Crippen molar-refractivity contribution in [2.24, 2.45) is 0 Å². The fourth-order valence-corrected chi connectivity index (χ4v) is 4.16. The lowest BCUT2D eigenvalue weighted by atomic mass is 10.0. The molecule has 3 rings (SSSR count). The summed E-state index contributed by atoms with van der Waals surface area (Å²) in [4.78, 5) is 45.1. The highest BCUT2D eigenvalue weighted by atomic mass is 16.3. The second-order valence-corrected chi connectivity index (χ2v) is 7.89. The van der Waals surface area contributed by atoms with Crippen molar-refractivity contribution in [2.45, 2.75) is 66.6 Å². The molecule has 9 heteroatoms. The summed E-state index contributed by atoms with van der Waals surface area (Å²) in [6.07, 6.45) is 1.66. The average Bonchev–Trinajstić information content (AvgIpc) is 3.24. The Morgan fingerprint density at radius 3 is 2.30 bits per heavy atom. The molecule has 1 aliphatic rings. The van der Waals surface area contributed by atoms with Crippen LogP contribution in [0.4, 0.5) is 0 Å². The standard InChI is InChI=1S/C21H29N5O4/c1-12-20(16(5)27)15(4)26(23-12)8-7-19(28)24-9-10-25(14(3)13(24)2)21(29)18-11-30-17(6)22-18/h11,13-14H,7-10H2,1-6H3/t13-,14-/m1/s1. The van der Waals surface area contributed by atoms with Gasteiger partial charge in [0.25, 0.3) is 5.91 Å². The van der Waals surface area contributed by atoms with Gasteiger partial charge in [0.2, 0.25) is 5.91 Å². The summed E-state index contributed by atoms with van der Waals surface area (Å²) in [7, 11) is 0. The van der Waals surface area contributed by atoms with Gasteiger partial charge in [0.05, 0.1) is 11.3 Å². The second-order valence-electron chi connectivity index (χ2n) is 7.89. The minimum atomic E-state index is -0.183. The molecule has 0 unspecified atom stereocenters. The van der Waals surface area contributed by atoms with Crippen LogP contribution in [0.3, 0.4) is 0 Å². The van der Waals surface area contributed by atoms with Crippen molar-refractivity contribution in [3.63, 3.8) is 0 Å². The van der Waals surface area contributed by atoms with Crippen LogP contribution in [0.1, 0.15) is 65.3 Å². The van der Waals surface area contributed by atoms with Crippen LogP contribution in [-0.2, 0) is 11.3 Å². The van der Waals surface area contributed by atoms with E-state index >= 15 is 0 Å². The Labute approximate surface area is 176 Å². The molecular weight excluding hydrogens is 386 g/mol. The van der Waals surface area contributed by atoms with Crippen molar-refractivity contribution < 1.29 is 18.8 Å². The van der Waals surface area contributed by atoms with Crippen LogP contribution in [0.2, 0.25) is 0 Å². The molecule has 1 saturated heterocycles. The van der Waals surface area contributed by atoms with E-state index in [2.05, 4.69) is 10.1 Å². The van der Waals surface area contributed by atoms with Gasteiger partial charge in [0.15, 0.2) is 17.4 Å². The third-order valence-electron chi connectivity index (χ3n) is 5.95. The van der Waals surface area contributed by atoms with Gasteiger partial charge in [-0.1, -0.05) is 0 Å². The van der Waals surface area contributed by atoms with Crippen molar-refractivity contribution in [2.75, 3.05) is 13.1 Å². The summed E-state index contributed by atoms with van der Waals surface area (Å²) >= 11 is 0. The first-order valence-electron chi connectivity index (χ1n) is 10.2. The third kappa shape index (κ3) is 4.01. The maximum atomic E-state index is 12.9. The number of Topliss-reactive ketones (excluding diaryl/α,β-unsaturated/α-hetero) is 1. The smallest absolute Gasteiger partial charge is 0.276 e. The molecule has 0 aromatic carbocycles.